The van der Waals surface area contributed by atoms with Crippen LogP contribution < -0.4 is 0 Å². The second kappa shape index (κ2) is 6.96. The normalized spacial score (nSPS) is 15.8. The van der Waals surface area contributed by atoms with Gasteiger partial charge in [-0.15, -0.1) is 0 Å². The molecule has 1 aliphatic heterocycles. The lowest BCUT2D eigenvalue weighted by atomic mass is 9.97. The fourth-order valence-electron chi connectivity index (χ4n) is 3.62. The van der Waals surface area contributed by atoms with E-state index in [9.17, 15) is 4.79 Å². The Morgan fingerprint density at radius 1 is 0.929 bits per heavy atom. The Balaban J connectivity index is 1.22. The van der Waals surface area contributed by atoms with E-state index in [0.29, 0.717) is 24.6 Å². The standard InChI is InChI=1S/C22H19N3O3/c26-21(10-9-20-23-16-5-1-3-7-18(16)27-20)25-13-11-15(12-14-25)22-24-17-6-2-4-8-19(17)28-22/h1-10,15H,11-14H2/b10-9+. The second-order valence-electron chi connectivity index (χ2n) is 6.97. The largest absolute Gasteiger partial charge is 0.440 e. The number of likely N-dealkylation sites (tertiary alicyclic amines) is 1. The van der Waals surface area contributed by atoms with Crippen LogP contribution in [0.25, 0.3) is 28.3 Å². The van der Waals surface area contributed by atoms with E-state index in [-0.39, 0.29) is 11.8 Å². The fraction of sp³-hybridized carbons (Fsp3) is 0.227. The van der Waals surface area contributed by atoms with Crippen molar-refractivity contribution >= 4 is 34.2 Å². The highest BCUT2D eigenvalue weighted by Crippen LogP contribution is 2.30. The molecule has 0 bridgehead atoms. The highest BCUT2D eigenvalue weighted by atomic mass is 16.4. The SMILES string of the molecule is O=C(/C=C/c1nc2ccccc2o1)N1CCC(c2nc3ccccc3o2)CC1. The van der Waals surface area contributed by atoms with Crippen LogP contribution in [0.1, 0.15) is 30.5 Å². The van der Waals surface area contributed by atoms with E-state index < -0.39 is 0 Å². The number of piperidine rings is 1. The lowest BCUT2D eigenvalue weighted by molar-refractivity contribution is -0.127. The van der Waals surface area contributed by atoms with Crippen LogP contribution in [0.4, 0.5) is 0 Å². The van der Waals surface area contributed by atoms with Gasteiger partial charge in [0.1, 0.15) is 11.0 Å². The summed E-state index contributed by atoms with van der Waals surface area (Å²) in [6.45, 7) is 1.36. The topological polar surface area (TPSA) is 72.4 Å². The summed E-state index contributed by atoms with van der Waals surface area (Å²) in [5, 5.41) is 0. The third kappa shape index (κ3) is 3.17. The molecule has 3 heterocycles. The molecule has 0 unspecified atom stereocenters. The summed E-state index contributed by atoms with van der Waals surface area (Å²) in [6.07, 6.45) is 4.85. The molecule has 0 radical (unpaired) electrons. The van der Waals surface area contributed by atoms with Gasteiger partial charge >= 0.3 is 0 Å². The first-order valence-corrected chi connectivity index (χ1v) is 9.44. The van der Waals surface area contributed by atoms with Gasteiger partial charge in [0.15, 0.2) is 17.1 Å². The second-order valence-corrected chi connectivity index (χ2v) is 6.97. The molecule has 140 valence electrons. The molecule has 0 atom stereocenters. The number of amides is 1. The van der Waals surface area contributed by atoms with Gasteiger partial charge in [0.2, 0.25) is 11.8 Å². The maximum absolute atomic E-state index is 12.5. The number of aromatic nitrogens is 2. The Labute approximate surface area is 161 Å². The summed E-state index contributed by atoms with van der Waals surface area (Å²) in [4.78, 5) is 23.3. The van der Waals surface area contributed by atoms with Crippen LogP contribution in [0, 0.1) is 0 Å². The summed E-state index contributed by atoms with van der Waals surface area (Å²) >= 11 is 0. The number of carbonyl (C=O) groups excluding carboxylic acids is 1. The molecule has 0 aliphatic carbocycles. The van der Waals surface area contributed by atoms with Crippen molar-refractivity contribution in [1.82, 2.24) is 14.9 Å². The van der Waals surface area contributed by atoms with Crippen LogP contribution in [-0.4, -0.2) is 33.9 Å². The number of hydrogen-bond acceptors (Lipinski definition) is 5. The van der Waals surface area contributed by atoms with E-state index in [1.54, 1.807) is 6.08 Å². The van der Waals surface area contributed by atoms with Gasteiger partial charge in [0.25, 0.3) is 0 Å². The van der Waals surface area contributed by atoms with Crippen molar-refractivity contribution in [3.05, 3.63) is 66.4 Å². The maximum atomic E-state index is 12.5. The van der Waals surface area contributed by atoms with Crippen LogP contribution in [-0.2, 0) is 4.79 Å². The minimum absolute atomic E-state index is 0.0294. The quantitative estimate of drug-likeness (QED) is 0.498. The van der Waals surface area contributed by atoms with Gasteiger partial charge in [-0.1, -0.05) is 24.3 Å². The summed E-state index contributed by atoms with van der Waals surface area (Å²) in [5.74, 6) is 1.43. The molecule has 1 saturated heterocycles. The molecule has 0 N–H and O–H groups in total. The number of rotatable bonds is 3. The van der Waals surface area contributed by atoms with Crippen molar-refractivity contribution in [3.63, 3.8) is 0 Å². The van der Waals surface area contributed by atoms with Crippen LogP contribution in [0.15, 0.2) is 63.4 Å². The highest BCUT2D eigenvalue weighted by molar-refractivity contribution is 5.91. The number of carbonyl (C=O) groups is 1. The Morgan fingerprint density at radius 3 is 2.25 bits per heavy atom. The maximum Gasteiger partial charge on any atom is 0.246 e. The molecule has 0 saturated carbocycles. The molecule has 2 aromatic heterocycles. The average Bonchev–Trinajstić information content (AvgIpc) is 3.35. The van der Waals surface area contributed by atoms with E-state index in [0.717, 1.165) is 35.3 Å². The Kier molecular flexibility index (Phi) is 4.16. The van der Waals surface area contributed by atoms with Gasteiger partial charge in [-0.3, -0.25) is 4.79 Å². The van der Waals surface area contributed by atoms with Crippen molar-refractivity contribution in [2.24, 2.45) is 0 Å². The van der Waals surface area contributed by atoms with Crippen molar-refractivity contribution < 1.29 is 13.6 Å². The minimum atomic E-state index is -0.0294. The molecule has 6 heteroatoms. The minimum Gasteiger partial charge on any atom is -0.440 e. The van der Waals surface area contributed by atoms with Crippen molar-refractivity contribution in [2.75, 3.05) is 13.1 Å². The van der Waals surface area contributed by atoms with Gasteiger partial charge in [0.05, 0.1) is 0 Å². The number of nitrogens with zero attached hydrogens (tertiary/aromatic N) is 3. The zero-order valence-corrected chi connectivity index (χ0v) is 15.2. The van der Waals surface area contributed by atoms with Crippen LogP contribution in [0.5, 0.6) is 0 Å². The third-order valence-electron chi connectivity index (χ3n) is 5.15. The summed E-state index contributed by atoms with van der Waals surface area (Å²) < 4.78 is 11.5. The molecule has 2 aromatic carbocycles. The van der Waals surface area contributed by atoms with Crippen molar-refractivity contribution in [2.45, 2.75) is 18.8 Å². The van der Waals surface area contributed by atoms with Gasteiger partial charge in [-0.25, -0.2) is 9.97 Å². The van der Waals surface area contributed by atoms with Gasteiger partial charge in [-0.2, -0.15) is 0 Å². The summed E-state index contributed by atoms with van der Waals surface area (Å²) in [6, 6.07) is 15.3. The molecule has 1 fully saturated rings. The summed E-state index contributed by atoms with van der Waals surface area (Å²) in [5.41, 5.74) is 3.21. The van der Waals surface area contributed by atoms with Crippen LogP contribution in [0.3, 0.4) is 0 Å². The third-order valence-corrected chi connectivity index (χ3v) is 5.15. The molecule has 0 spiro atoms. The van der Waals surface area contributed by atoms with Gasteiger partial charge < -0.3 is 13.7 Å². The van der Waals surface area contributed by atoms with Crippen LogP contribution in [0.2, 0.25) is 0 Å². The zero-order valence-electron chi connectivity index (χ0n) is 15.2. The first kappa shape index (κ1) is 16.7. The van der Waals surface area contributed by atoms with E-state index in [4.69, 9.17) is 8.83 Å². The lowest BCUT2D eigenvalue weighted by Gasteiger charge is -2.29. The summed E-state index contributed by atoms with van der Waals surface area (Å²) in [7, 11) is 0. The van der Waals surface area contributed by atoms with Gasteiger partial charge in [-0.05, 0) is 37.1 Å². The average molecular weight is 373 g/mol. The fourth-order valence-corrected chi connectivity index (χ4v) is 3.62. The van der Waals surface area contributed by atoms with E-state index in [1.165, 1.54) is 6.08 Å². The van der Waals surface area contributed by atoms with E-state index >= 15 is 0 Å². The van der Waals surface area contributed by atoms with Crippen LogP contribution >= 0.6 is 0 Å². The number of fused-ring (bicyclic) bond motifs is 2. The Morgan fingerprint density at radius 2 is 1.57 bits per heavy atom. The molecule has 6 nitrogen and oxygen atoms in total. The van der Waals surface area contributed by atoms with E-state index in [2.05, 4.69) is 9.97 Å². The molecule has 5 rings (SSSR count). The number of benzene rings is 2. The van der Waals surface area contributed by atoms with Crippen molar-refractivity contribution in [3.8, 4) is 0 Å². The van der Waals surface area contributed by atoms with Crippen molar-refractivity contribution in [1.29, 1.82) is 0 Å². The monoisotopic (exact) mass is 373 g/mol. The predicted molar refractivity (Wildman–Crippen MR) is 106 cm³/mol. The van der Waals surface area contributed by atoms with E-state index in [1.807, 2.05) is 53.4 Å². The number of para-hydroxylation sites is 4. The molecule has 28 heavy (non-hydrogen) atoms. The van der Waals surface area contributed by atoms with Gasteiger partial charge in [0, 0.05) is 31.2 Å². The zero-order chi connectivity index (χ0) is 18.9. The lowest BCUT2D eigenvalue weighted by Crippen LogP contribution is -2.36. The first-order valence-electron chi connectivity index (χ1n) is 9.44. The highest BCUT2D eigenvalue weighted by Gasteiger charge is 2.26. The molecular formula is C22H19N3O3. The Hall–Kier alpha value is -3.41. The smallest absolute Gasteiger partial charge is 0.246 e. The first-order chi connectivity index (χ1) is 13.8. The molecular weight excluding hydrogens is 354 g/mol. The Bertz CT molecular complexity index is 1100. The predicted octanol–water partition coefficient (Wildman–Crippen LogP) is 4.39. The molecule has 4 aromatic rings. The molecule has 1 amide bonds. The number of hydrogen-bond donors (Lipinski definition) is 0. The number of oxazole rings is 2. The molecule has 1 aliphatic rings.